The number of hydrogen-bond donors (Lipinski definition) is 2. The van der Waals surface area contributed by atoms with Gasteiger partial charge in [0.15, 0.2) is 5.16 Å². The molecular weight excluding hydrogens is 254 g/mol. The van der Waals surface area contributed by atoms with Gasteiger partial charge in [-0.1, -0.05) is 42.1 Å². The van der Waals surface area contributed by atoms with Gasteiger partial charge in [-0.2, -0.15) is 0 Å². The number of para-hydroxylation sites is 2. The van der Waals surface area contributed by atoms with Crippen molar-refractivity contribution in [1.82, 2.24) is 9.97 Å². The normalized spacial score (nSPS) is 11.1. The zero-order valence-corrected chi connectivity index (χ0v) is 11.5. The van der Waals surface area contributed by atoms with Crippen LogP contribution in [0, 0.1) is 6.92 Å². The number of rotatable bonds is 3. The van der Waals surface area contributed by atoms with Crippen LogP contribution in [-0.2, 0) is 6.54 Å². The average Bonchev–Trinajstić information content (AvgIpc) is 2.83. The number of nitrogens with two attached hydrogens (primary N) is 1. The van der Waals surface area contributed by atoms with Crippen LogP contribution in [0.5, 0.6) is 0 Å². The van der Waals surface area contributed by atoms with Gasteiger partial charge in [0, 0.05) is 11.4 Å². The zero-order chi connectivity index (χ0) is 13.2. The third-order valence-electron chi connectivity index (χ3n) is 3.08. The van der Waals surface area contributed by atoms with Gasteiger partial charge in [-0.15, -0.1) is 0 Å². The minimum atomic E-state index is 0.546. The molecule has 0 spiro atoms. The molecule has 0 unspecified atom stereocenters. The summed E-state index contributed by atoms with van der Waals surface area (Å²) in [4.78, 5) is 9.12. The number of hydrogen-bond acceptors (Lipinski definition) is 3. The smallest absolute Gasteiger partial charge is 0.171 e. The highest BCUT2D eigenvalue weighted by Gasteiger charge is 2.09. The fraction of sp³-hybridized carbons (Fsp3) is 0.133. The maximum absolute atomic E-state index is 5.80. The third kappa shape index (κ3) is 2.37. The Morgan fingerprint density at radius 2 is 2.00 bits per heavy atom. The van der Waals surface area contributed by atoms with E-state index in [2.05, 4.69) is 29.0 Å². The first-order valence-corrected chi connectivity index (χ1v) is 7.01. The van der Waals surface area contributed by atoms with Gasteiger partial charge in [0.25, 0.3) is 0 Å². The molecule has 0 bridgehead atoms. The van der Waals surface area contributed by atoms with Crippen molar-refractivity contribution < 1.29 is 0 Å². The van der Waals surface area contributed by atoms with E-state index in [0.717, 1.165) is 21.8 Å². The summed E-state index contributed by atoms with van der Waals surface area (Å²) >= 11 is 1.64. The molecule has 0 atom stereocenters. The number of fused-ring (bicyclic) bond motifs is 1. The predicted molar refractivity (Wildman–Crippen MR) is 79.3 cm³/mol. The first-order valence-electron chi connectivity index (χ1n) is 6.19. The number of H-pyrrole nitrogens is 1. The fourth-order valence-corrected chi connectivity index (χ4v) is 3.10. The topological polar surface area (TPSA) is 54.7 Å². The molecule has 4 heteroatoms. The number of aryl methyl sites for hydroxylation is 1. The molecule has 0 saturated carbocycles. The molecule has 3 N–H and O–H groups in total. The van der Waals surface area contributed by atoms with Gasteiger partial charge >= 0.3 is 0 Å². The van der Waals surface area contributed by atoms with Crippen LogP contribution >= 0.6 is 11.8 Å². The fourth-order valence-electron chi connectivity index (χ4n) is 2.09. The summed E-state index contributed by atoms with van der Waals surface area (Å²) in [6.45, 7) is 2.65. The summed E-state index contributed by atoms with van der Waals surface area (Å²) < 4.78 is 0. The maximum Gasteiger partial charge on any atom is 0.171 e. The van der Waals surface area contributed by atoms with Crippen LogP contribution in [0.15, 0.2) is 52.5 Å². The number of imidazole rings is 1. The monoisotopic (exact) mass is 269 g/mol. The zero-order valence-electron chi connectivity index (χ0n) is 10.7. The highest BCUT2D eigenvalue weighted by Crippen LogP contribution is 2.32. The largest absolute Gasteiger partial charge is 0.333 e. The van der Waals surface area contributed by atoms with Crippen molar-refractivity contribution in [3.05, 3.63) is 53.6 Å². The Bertz CT molecular complexity index is 685. The summed E-state index contributed by atoms with van der Waals surface area (Å²) in [5.41, 5.74) is 10.2. The van der Waals surface area contributed by atoms with Gasteiger partial charge in [-0.25, -0.2) is 4.98 Å². The molecule has 0 saturated heterocycles. The van der Waals surface area contributed by atoms with Crippen molar-refractivity contribution in [2.24, 2.45) is 5.73 Å². The molecule has 3 aromatic rings. The van der Waals surface area contributed by atoms with Gasteiger partial charge in [0.1, 0.15) is 0 Å². The number of nitrogens with one attached hydrogen (secondary N) is 1. The lowest BCUT2D eigenvalue weighted by atomic mass is 10.1. The van der Waals surface area contributed by atoms with Crippen LogP contribution in [0.3, 0.4) is 0 Å². The van der Waals surface area contributed by atoms with Crippen LogP contribution in [-0.4, -0.2) is 9.97 Å². The van der Waals surface area contributed by atoms with E-state index in [9.17, 15) is 0 Å². The number of nitrogens with zero attached hydrogens (tertiary/aromatic N) is 1. The Balaban J connectivity index is 2.01. The standard InChI is InChI=1S/C15H15N3S/c1-10-5-4-6-11(9-16)14(10)19-15-17-12-7-2-3-8-13(12)18-15/h2-8H,9,16H2,1H3,(H,17,18). The van der Waals surface area contributed by atoms with E-state index in [1.807, 2.05) is 30.3 Å². The van der Waals surface area contributed by atoms with Crippen molar-refractivity contribution in [1.29, 1.82) is 0 Å². The van der Waals surface area contributed by atoms with Crippen LogP contribution in [0.2, 0.25) is 0 Å². The Hall–Kier alpha value is -1.78. The molecule has 0 aliphatic rings. The van der Waals surface area contributed by atoms with Crippen molar-refractivity contribution in [2.75, 3.05) is 0 Å². The molecule has 1 aromatic heterocycles. The van der Waals surface area contributed by atoms with Crippen LogP contribution < -0.4 is 5.73 Å². The molecule has 0 radical (unpaired) electrons. The van der Waals surface area contributed by atoms with Gasteiger partial charge in [0.05, 0.1) is 11.0 Å². The predicted octanol–water partition coefficient (Wildman–Crippen LogP) is 3.48. The average molecular weight is 269 g/mol. The Kier molecular flexibility index (Phi) is 3.27. The number of aromatic amines is 1. The van der Waals surface area contributed by atoms with E-state index in [1.165, 1.54) is 10.5 Å². The molecule has 0 fully saturated rings. The molecule has 0 aliphatic carbocycles. The lowest BCUT2D eigenvalue weighted by Crippen LogP contribution is -1.99. The first kappa shape index (κ1) is 12.3. The van der Waals surface area contributed by atoms with Crippen LogP contribution in [0.25, 0.3) is 11.0 Å². The van der Waals surface area contributed by atoms with Crippen molar-refractivity contribution in [3.63, 3.8) is 0 Å². The molecule has 0 aliphatic heterocycles. The minimum Gasteiger partial charge on any atom is -0.333 e. The Morgan fingerprint density at radius 1 is 1.16 bits per heavy atom. The quantitative estimate of drug-likeness (QED) is 0.765. The lowest BCUT2D eigenvalue weighted by Gasteiger charge is -2.08. The molecule has 0 amide bonds. The highest BCUT2D eigenvalue weighted by atomic mass is 32.2. The van der Waals surface area contributed by atoms with E-state index in [4.69, 9.17) is 5.73 Å². The molecule has 96 valence electrons. The highest BCUT2D eigenvalue weighted by molar-refractivity contribution is 7.99. The summed E-state index contributed by atoms with van der Waals surface area (Å²) in [5, 5.41) is 0.908. The summed E-state index contributed by atoms with van der Waals surface area (Å²) in [7, 11) is 0. The second-order valence-corrected chi connectivity index (χ2v) is 5.43. The molecular formula is C15H15N3S. The Morgan fingerprint density at radius 3 is 2.79 bits per heavy atom. The van der Waals surface area contributed by atoms with E-state index in [-0.39, 0.29) is 0 Å². The van der Waals surface area contributed by atoms with E-state index >= 15 is 0 Å². The van der Waals surface area contributed by atoms with E-state index in [0.29, 0.717) is 6.54 Å². The third-order valence-corrected chi connectivity index (χ3v) is 4.25. The van der Waals surface area contributed by atoms with Gasteiger partial charge in [-0.05, 0) is 30.2 Å². The minimum absolute atomic E-state index is 0.546. The van der Waals surface area contributed by atoms with E-state index < -0.39 is 0 Å². The molecule has 1 heterocycles. The van der Waals surface area contributed by atoms with Crippen LogP contribution in [0.1, 0.15) is 11.1 Å². The Labute approximate surface area is 116 Å². The van der Waals surface area contributed by atoms with Crippen molar-refractivity contribution >= 4 is 22.8 Å². The summed E-state index contributed by atoms with van der Waals surface area (Å²) in [6, 6.07) is 14.3. The van der Waals surface area contributed by atoms with Crippen molar-refractivity contribution in [2.45, 2.75) is 23.5 Å². The molecule has 3 nitrogen and oxygen atoms in total. The van der Waals surface area contributed by atoms with Gasteiger partial charge in [-0.3, -0.25) is 0 Å². The molecule has 3 rings (SSSR count). The van der Waals surface area contributed by atoms with Crippen molar-refractivity contribution in [3.8, 4) is 0 Å². The van der Waals surface area contributed by atoms with Gasteiger partial charge < -0.3 is 10.7 Å². The van der Waals surface area contributed by atoms with E-state index in [1.54, 1.807) is 11.8 Å². The second-order valence-electron chi connectivity index (χ2n) is 4.43. The molecule has 19 heavy (non-hydrogen) atoms. The maximum atomic E-state index is 5.80. The molecule has 2 aromatic carbocycles. The summed E-state index contributed by atoms with van der Waals surface area (Å²) in [5.74, 6) is 0. The first-order chi connectivity index (χ1) is 9.28. The van der Waals surface area contributed by atoms with Gasteiger partial charge in [0.2, 0.25) is 0 Å². The second kappa shape index (κ2) is 5.07. The SMILES string of the molecule is Cc1cccc(CN)c1Sc1nc2ccccc2[nH]1. The number of aromatic nitrogens is 2. The summed E-state index contributed by atoms with van der Waals surface area (Å²) in [6.07, 6.45) is 0. The lowest BCUT2D eigenvalue weighted by molar-refractivity contribution is 1.00. The van der Waals surface area contributed by atoms with Crippen LogP contribution in [0.4, 0.5) is 0 Å². The number of benzene rings is 2.